The quantitative estimate of drug-likeness (QED) is 0.735. The minimum atomic E-state index is -0.164. The monoisotopic (exact) mass is 259 g/mol. The first kappa shape index (κ1) is 13.1. The molecular formula is C13H17N5O. The summed E-state index contributed by atoms with van der Waals surface area (Å²) in [6.07, 6.45) is 7.60. The summed E-state index contributed by atoms with van der Waals surface area (Å²) in [5, 5.41) is 6.02. The molecule has 0 radical (unpaired) electrons. The first-order valence-corrected chi connectivity index (χ1v) is 6.25. The van der Waals surface area contributed by atoms with Gasteiger partial charge in [0, 0.05) is 31.3 Å². The summed E-state index contributed by atoms with van der Waals surface area (Å²) in [6.45, 7) is 3.27. The lowest BCUT2D eigenvalue weighted by Gasteiger charge is -2.10. The Balaban J connectivity index is 2.01. The summed E-state index contributed by atoms with van der Waals surface area (Å²) in [4.78, 5) is 23.1. The number of hydrogen-bond acceptors (Lipinski definition) is 4. The van der Waals surface area contributed by atoms with E-state index in [0.717, 1.165) is 24.5 Å². The lowest BCUT2D eigenvalue weighted by atomic mass is 10.2. The lowest BCUT2D eigenvalue weighted by molar-refractivity contribution is 0.0950. The molecule has 0 saturated carbocycles. The van der Waals surface area contributed by atoms with E-state index in [1.165, 1.54) is 0 Å². The number of pyridine rings is 1. The first-order chi connectivity index (χ1) is 9.31. The molecule has 3 N–H and O–H groups in total. The van der Waals surface area contributed by atoms with Crippen molar-refractivity contribution in [3.8, 4) is 0 Å². The standard InChI is InChI=1S/C13H17N5O/c1-2-4-15-11-3-5-14-8-10(11)13(19)18-9-12-16-6-7-17-12/h3,5-8H,2,4,9H2,1H3,(H,14,15)(H,16,17)(H,18,19). The maximum Gasteiger partial charge on any atom is 0.255 e. The van der Waals surface area contributed by atoms with Gasteiger partial charge in [0.25, 0.3) is 5.91 Å². The van der Waals surface area contributed by atoms with Crippen LogP contribution in [0.15, 0.2) is 30.9 Å². The fourth-order valence-corrected chi connectivity index (χ4v) is 1.64. The van der Waals surface area contributed by atoms with Gasteiger partial charge in [0.1, 0.15) is 5.82 Å². The van der Waals surface area contributed by atoms with Crippen LogP contribution in [0, 0.1) is 0 Å². The molecule has 0 aromatic carbocycles. The number of carbonyl (C=O) groups excluding carboxylic acids is 1. The number of nitrogens with one attached hydrogen (secondary N) is 3. The highest BCUT2D eigenvalue weighted by atomic mass is 16.1. The van der Waals surface area contributed by atoms with Gasteiger partial charge in [-0.25, -0.2) is 4.98 Å². The number of aromatic amines is 1. The number of anilines is 1. The van der Waals surface area contributed by atoms with E-state index in [2.05, 4.69) is 32.5 Å². The smallest absolute Gasteiger partial charge is 0.255 e. The number of nitrogens with zero attached hydrogens (tertiary/aromatic N) is 2. The third-order valence-corrected chi connectivity index (χ3v) is 2.60. The molecule has 6 nitrogen and oxygen atoms in total. The van der Waals surface area contributed by atoms with Gasteiger partial charge in [0.15, 0.2) is 0 Å². The average Bonchev–Trinajstić information content (AvgIpc) is 2.96. The Kier molecular flexibility index (Phi) is 4.49. The van der Waals surface area contributed by atoms with Gasteiger partial charge < -0.3 is 15.6 Å². The van der Waals surface area contributed by atoms with Crippen LogP contribution < -0.4 is 10.6 Å². The lowest BCUT2D eigenvalue weighted by Crippen LogP contribution is -2.24. The molecule has 2 rings (SSSR count). The predicted molar refractivity (Wildman–Crippen MR) is 72.8 cm³/mol. The van der Waals surface area contributed by atoms with E-state index in [-0.39, 0.29) is 5.91 Å². The molecule has 2 heterocycles. The van der Waals surface area contributed by atoms with Gasteiger partial charge in [-0.15, -0.1) is 0 Å². The Morgan fingerprint density at radius 2 is 2.32 bits per heavy atom. The molecule has 0 atom stereocenters. The SMILES string of the molecule is CCCNc1ccncc1C(=O)NCc1ncc[nH]1. The van der Waals surface area contributed by atoms with Crippen molar-refractivity contribution in [2.75, 3.05) is 11.9 Å². The van der Waals surface area contributed by atoms with Crippen molar-refractivity contribution < 1.29 is 4.79 Å². The van der Waals surface area contributed by atoms with Crippen LogP contribution in [-0.2, 0) is 6.54 Å². The van der Waals surface area contributed by atoms with Crippen LogP contribution in [0.5, 0.6) is 0 Å². The number of H-pyrrole nitrogens is 1. The molecule has 0 aliphatic rings. The topological polar surface area (TPSA) is 82.7 Å². The molecule has 0 bridgehead atoms. The average molecular weight is 259 g/mol. The van der Waals surface area contributed by atoms with Crippen molar-refractivity contribution >= 4 is 11.6 Å². The Hall–Kier alpha value is -2.37. The molecule has 19 heavy (non-hydrogen) atoms. The van der Waals surface area contributed by atoms with Crippen LogP contribution in [0.3, 0.4) is 0 Å². The van der Waals surface area contributed by atoms with Crippen molar-refractivity contribution in [1.29, 1.82) is 0 Å². The summed E-state index contributed by atoms with van der Waals surface area (Å²) in [5.74, 6) is 0.559. The molecule has 100 valence electrons. The second kappa shape index (κ2) is 6.53. The molecule has 0 saturated heterocycles. The molecule has 6 heteroatoms. The van der Waals surface area contributed by atoms with Crippen LogP contribution >= 0.6 is 0 Å². The van der Waals surface area contributed by atoms with Crippen molar-refractivity contribution in [1.82, 2.24) is 20.3 Å². The van der Waals surface area contributed by atoms with Crippen LogP contribution in [-0.4, -0.2) is 27.4 Å². The van der Waals surface area contributed by atoms with Gasteiger partial charge in [-0.3, -0.25) is 9.78 Å². The van der Waals surface area contributed by atoms with E-state index in [1.807, 2.05) is 0 Å². The van der Waals surface area contributed by atoms with Crippen molar-refractivity contribution in [2.45, 2.75) is 19.9 Å². The molecule has 2 aromatic heterocycles. The van der Waals surface area contributed by atoms with Crippen molar-refractivity contribution in [3.63, 3.8) is 0 Å². The summed E-state index contributed by atoms with van der Waals surface area (Å²) in [6, 6.07) is 1.80. The molecule has 0 fully saturated rings. The molecule has 2 aromatic rings. The molecule has 0 unspecified atom stereocenters. The van der Waals surface area contributed by atoms with Gasteiger partial charge in [-0.05, 0) is 12.5 Å². The molecule has 0 spiro atoms. The zero-order chi connectivity index (χ0) is 13.5. The Morgan fingerprint density at radius 3 is 3.05 bits per heavy atom. The predicted octanol–water partition coefficient (Wildman–Crippen LogP) is 1.56. The largest absolute Gasteiger partial charge is 0.384 e. The fraction of sp³-hybridized carbons (Fsp3) is 0.308. The fourth-order valence-electron chi connectivity index (χ4n) is 1.64. The molecule has 0 aliphatic carbocycles. The van der Waals surface area contributed by atoms with Crippen LogP contribution in [0.4, 0.5) is 5.69 Å². The van der Waals surface area contributed by atoms with Crippen molar-refractivity contribution in [2.24, 2.45) is 0 Å². The number of rotatable bonds is 6. The van der Waals surface area contributed by atoms with Gasteiger partial charge in [-0.2, -0.15) is 0 Å². The number of aromatic nitrogens is 3. The van der Waals surface area contributed by atoms with E-state index in [0.29, 0.717) is 12.1 Å². The van der Waals surface area contributed by atoms with Gasteiger partial charge in [0.05, 0.1) is 17.8 Å². The van der Waals surface area contributed by atoms with Crippen LogP contribution in [0.1, 0.15) is 29.5 Å². The van der Waals surface area contributed by atoms with E-state index in [4.69, 9.17) is 0 Å². The summed E-state index contributed by atoms with van der Waals surface area (Å²) < 4.78 is 0. The minimum Gasteiger partial charge on any atom is -0.384 e. The normalized spacial score (nSPS) is 10.2. The highest BCUT2D eigenvalue weighted by Crippen LogP contribution is 2.13. The highest BCUT2D eigenvalue weighted by molar-refractivity contribution is 5.99. The molecular weight excluding hydrogens is 242 g/mol. The van der Waals surface area contributed by atoms with E-state index in [9.17, 15) is 4.79 Å². The third kappa shape index (κ3) is 3.54. The van der Waals surface area contributed by atoms with E-state index < -0.39 is 0 Å². The van der Waals surface area contributed by atoms with E-state index >= 15 is 0 Å². The Morgan fingerprint density at radius 1 is 1.42 bits per heavy atom. The zero-order valence-electron chi connectivity index (χ0n) is 10.8. The maximum absolute atomic E-state index is 12.1. The molecule has 1 amide bonds. The Labute approximate surface area is 111 Å². The second-order valence-corrected chi connectivity index (χ2v) is 4.07. The summed E-state index contributed by atoms with van der Waals surface area (Å²) in [7, 11) is 0. The number of imidazole rings is 1. The summed E-state index contributed by atoms with van der Waals surface area (Å²) >= 11 is 0. The number of carbonyl (C=O) groups is 1. The molecule has 0 aliphatic heterocycles. The van der Waals surface area contributed by atoms with Gasteiger partial charge in [0.2, 0.25) is 0 Å². The Bertz CT molecular complexity index is 524. The third-order valence-electron chi connectivity index (χ3n) is 2.60. The van der Waals surface area contributed by atoms with Crippen molar-refractivity contribution in [3.05, 3.63) is 42.2 Å². The minimum absolute atomic E-state index is 0.164. The first-order valence-electron chi connectivity index (χ1n) is 6.25. The van der Waals surface area contributed by atoms with Crippen LogP contribution in [0.25, 0.3) is 0 Å². The van der Waals surface area contributed by atoms with Gasteiger partial charge in [-0.1, -0.05) is 6.92 Å². The van der Waals surface area contributed by atoms with Gasteiger partial charge >= 0.3 is 0 Å². The second-order valence-electron chi connectivity index (χ2n) is 4.07. The highest BCUT2D eigenvalue weighted by Gasteiger charge is 2.11. The maximum atomic E-state index is 12.1. The zero-order valence-corrected chi connectivity index (χ0v) is 10.8. The number of amides is 1. The number of hydrogen-bond donors (Lipinski definition) is 3. The van der Waals surface area contributed by atoms with E-state index in [1.54, 1.807) is 30.9 Å². The summed E-state index contributed by atoms with van der Waals surface area (Å²) in [5.41, 5.74) is 1.34. The van der Waals surface area contributed by atoms with Crippen LogP contribution in [0.2, 0.25) is 0 Å².